The number of aryl methyl sites for hydroxylation is 1. The zero-order valence-corrected chi connectivity index (χ0v) is 30.7. The summed E-state index contributed by atoms with van der Waals surface area (Å²) < 4.78 is 41.7. The number of hydrogen-bond donors (Lipinski definition) is 3. The van der Waals surface area contributed by atoms with Gasteiger partial charge < -0.3 is 14.6 Å². The summed E-state index contributed by atoms with van der Waals surface area (Å²) in [6.45, 7) is 0.272. The van der Waals surface area contributed by atoms with Crippen LogP contribution < -0.4 is 21.3 Å². The molecule has 1 aliphatic carbocycles. The lowest BCUT2D eigenvalue weighted by Crippen LogP contribution is -2.29. The van der Waals surface area contributed by atoms with Crippen LogP contribution in [0.15, 0.2) is 124 Å². The molecule has 0 spiro atoms. The van der Waals surface area contributed by atoms with E-state index in [1.54, 1.807) is 91.0 Å². The highest BCUT2D eigenvalue weighted by molar-refractivity contribution is 7.85. The molecular weight excluding hydrogens is 751 g/mol. The number of para-hydroxylation sites is 1. The monoisotopic (exact) mass is 779 g/mol. The lowest BCUT2D eigenvalue weighted by atomic mass is 9.80. The van der Waals surface area contributed by atoms with Gasteiger partial charge in [-0.2, -0.15) is 13.4 Å². The van der Waals surface area contributed by atoms with Crippen LogP contribution in [0.4, 0.5) is 11.4 Å². The third-order valence-corrected chi connectivity index (χ3v) is 10.7. The number of carbonyl (C=O) groups excluding carboxylic acids is 3. The van der Waals surface area contributed by atoms with Gasteiger partial charge in [0.25, 0.3) is 22.1 Å². The van der Waals surface area contributed by atoms with Crippen LogP contribution in [0.5, 0.6) is 5.75 Å². The number of H-pyrrole nitrogens is 1. The smallest absolute Gasteiger partial charge is 0.348 e. The highest BCUT2D eigenvalue weighted by Crippen LogP contribution is 2.44. The number of ketones is 2. The van der Waals surface area contributed by atoms with Gasteiger partial charge in [-0.3, -0.25) is 28.7 Å². The molecule has 0 saturated heterocycles. The number of benzene rings is 5. The molecular formula is C42H29N5O9S. The van der Waals surface area contributed by atoms with Crippen molar-refractivity contribution in [3.05, 3.63) is 175 Å². The Kier molecular flexibility index (Phi) is 9.23. The van der Waals surface area contributed by atoms with Gasteiger partial charge >= 0.3 is 5.69 Å². The molecule has 8 rings (SSSR count). The van der Waals surface area contributed by atoms with Crippen LogP contribution in [0, 0.1) is 0 Å². The molecule has 0 fully saturated rings. The van der Waals surface area contributed by atoms with Crippen LogP contribution in [0.1, 0.15) is 54.6 Å². The third kappa shape index (κ3) is 6.70. The third-order valence-electron chi connectivity index (χ3n) is 9.71. The van der Waals surface area contributed by atoms with Crippen LogP contribution in [-0.2, 0) is 34.8 Å². The van der Waals surface area contributed by atoms with Gasteiger partial charge in [0.1, 0.15) is 17.4 Å². The first-order valence-corrected chi connectivity index (χ1v) is 18.8. The number of aromatic nitrogens is 4. The van der Waals surface area contributed by atoms with Crippen molar-refractivity contribution in [1.29, 1.82) is 0 Å². The molecule has 282 valence electrons. The predicted molar refractivity (Wildman–Crippen MR) is 209 cm³/mol. The fourth-order valence-corrected chi connectivity index (χ4v) is 7.93. The molecule has 57 heavy (non-hydrogen) atoms. The van der Waals surface area contributed by atoms with Crippen LogP contribution in [-0.4, -0.2) is 50.5 Å². The molecule has 5 aromatic carbocycles. The van der Waals surface area contributed by atoms with Gasteiger partial charge in [0.15, 0.2) is 11.6 Å². The Morgan fingerprint density at radius 3 is 2.32 bits per heavy atom. The first-order valence-electron chi connectivity index (χ1n) is 17.4. The number of aromatic amines is 1. The van der Waals surface area contributed by atoms with E-state index in [1.165, 1.54) is 29.8 Å². The molecule has 1 aliphatic rings. The van der Waals surface area contributed by atoms with Crippen molar-refractivity contribution in [2.75, 3.05) is 5.32 Å². The quantitative estimate of drug-likeness (QED) is 0.0884. The first-order chi connectivity index (χ1) is 27.4. The van der Waals surface area contributed by atoms with Crippen LogP contribution in [0.25, 0.3) is 22.0 Å². The van der Waals surface area contributed by atoms with E-state index >= 15 is 0 Å². The second kappa shape index (κ2) is 14.4. The normalized spacial score (nSPS) is 11.9. The summed E-state index contributed by atoms with van der Waals surface area (Å²) in [5.41, 5.74) is 1.69. The Labute approximate surface area is 323 Å². The highest BCUT2D eigenvalue weighted by Gasteiger charge is 2.34. The summed E-state index contributed by atoms with van der Waals surface area (Å²) in [4.78, 5) is 76.5. The number of anilines is 2. The maximum absolute atomic E-state index is 14.4. The number of pyridine rings is 1. The number of nitrogens with zero attached hydrogens (tertiary/aromatic N) is 3. The molecule has 0 amide bonds. The lowest BCUT2D eigenvalue weighted by molar-refractivity contribution is -0.120. The Morgan fingerprint density at radius 1 is 0.842 bits per heavy atom. The Bertz CT molecular complexity index is 3070. The summed E-state index contributed by atoms with van der Waals surface area (Å²) >= 11 is 0. The van der Waals surface area contributed by atoms with E-state index in [0.29, 0.717) is 44.5 Å². The predicted octanol–water partition coefficient (Wildman–Crippen LogP) is 5.17. The lowest BCUT2D eigenvalue weighted by Gasteiger charge is -2.25. The van der Waals surface area contributed by atoms with Gasteiger partial charge in [-0.1, -0.05) is 72.8 Å². The van der Waals surface area contributed by atoms with Gasteiger partial charge in [-0.15, -0.1) is 0 Å². The van der Waals surface area contributed by atoms with Crippen molar-refractivity contribution in [2.45, 2.75) is 17.7 Å². The number of carbonyl (C=O) groups is 3. The van der Waals surface area contributed by atoms with Crippen molar-refractivity contribution < 1.29 is 32.1 Å². The van der Waals surface area contributed by atoms with E-state index in [1.807, 2.05) is 0 Å². The van der Waals surface area contributed by atoms with Crippen molar-refractivity contribution in [2.24, 2.45) is 7.05 Å². The van der Waals surface area contributed by atoms with Gasteiger partial charge in [0, 0.05) is 53.2 Å². The molecule has 0 atom stereocenters. The number of hydrogen-bond acceptors (Lipinski definition) is 11. The fourth-order valence-electron chi connectivity index (χ4n) is 7.23. The molecule has 2 aromatic heterocycles. The topological polar surface area (TPSA) is 207 Å². The second-order valence-electron chi connectivity index (χ2n) is 13.2. The van der Waals surface area contributed by atoms with E-state index in [4.69, 9.17) is 4.74 Å². The minimum Gasteiger partial charge on any atom is -0.428 e. The van der Waals surface area contributed by atoms with Gasteiger partial charge in [0.2, 0.25) is 0 Å². The van der Waals surface area contributed by atoms with E-state index in [0.717, 1.165) is 0 Å². The second-order valence-corrected chi connectivity index (χ2v) is 14.6. The number of ether oxygens (including phenoxy) is 1. The van der Waals surface area contributed by atoms with Gasteiger partial charge in [-0.25, -0.2) is 9.78 Å². The van der Waals surface area contributed by atoms with Crippen LogP contribution in [0.2, 0.25) is 0 Å². The van der Waals surface area contributed by atoms with Gasteiger partial charge in [-0.05, 0) is 47.5 Å². The molecule has 0 radical (unpaired) electrons. The molecule has 15 heteroatoms. The minimum absolute atomic E-state index is 0.00181. The average molecular weight is 780 g/mol. The van der Waals surface area contributed by atoms with Crippen molar-refractivity contribution in [1.82, 2.24) is 19.5 Å². The van der Waals surface area contributed by atoms with E-state index in [9.17, 15) is 36.9 Å². The van der Waals surface area contributed by atoms with E-state index < -0.39 is 32.0 Å². The summed E-state index contributed by atoms with van der Waals surface area (Å²) in [6, 6.07) is 29.0. The van der Waals surface area contributed by atoms with Crippen LogP contribution >= 0.6 is 0 Å². The van der Waals surface area contributed by atoms with Gasteiger partial charge in [0.05, 0.1) is 27.2 Å². The summed E-state index contributed by atoms with van der Waals surface area (Å²) in [5.74, 6) is -0.550. The molecule has 3 N–H and O–H groups in total. The fraction of sp³-hybridized carbons (Fsp3) is 0.0714. The zero-order valence-electron chi connectivity index (χ0n) is 29.8. The molecule has 0 unspecified atom stereocenters. The average Bonchev–Trinajstić information content (AvgIpc) is 3.19. The number of nitrogens with one attached hydrogen (secondary N) is 2. The van der Waals surface area contributed by atoms with E-state index in [2.05, 4.69) is 20.3 Å². The Morgan fingerprint density at radius 2 is 1.56 bits per heavy atom. The van der Waals surface area contributed by atoms with Crippen LogP contribution in [0.3, 0.4) is 0 Å². The molecule has 2 heterocycles. The number of rotatable bonds is 11. The highest BCUT2D eigenvalue weighted by atomic mass is 32.2. The number of fused-ring (bicyclic) bond motifs is 2. The minimum atomic E-state index is -4.78. The van der Waals surface area contributed by atoms with E-state index in [-0.39, 0.29) is 64.7 Å². The largest absolute Gasteiger partial charge is 0.428 e. The Hall–Kier alpha value is -7.36. The SMILES string of the molecule is Cn1c(=O)c(C(=O)c2ccccc2)c2c3c(c(Nc4ccc(S(=O)(=O)O)c(Cc5nc(Cc6ccccc6OC=O)nc(=O)[nH]5)c4)ccc31)C(=O)c1ccccc1-2. The van der Waals surface area contributed by atoms with Crippen molar-refractivity contribution in [3.8, 4) is 16.9 Å². The summed E-state index contributed by atoms with van der Waals surface area (Å²) in [7, 11) is -3.25. The van der Waals surface area contributed by atoms with Crippen molar-refractivity contribution >= 4 is 50.4 Å². The molecule has 0 saturated carbocycles. The molecule has 14 nitrogen and oxygen atoms in total. The van der Waals surface area contributed by atoms with Crippen molar-refractivity contribution in [3.63, 3.8) is 0 Å². The first kappa shape index (κ1) is 36.6. The standard InChI is InChI=1S/C42H29N5O9S/c1-47-30-17-16-29(36-37(30)35(27-12-6-7-13-28(27)40(36)50)38(41(47)51)39(49)23-9-3-2-4-10-23)43-26-15-18-32(57(53,54)55)25(19-26)21-34-44-33(45-42(52)46-34)20-24-11-5-8-14-31(24)56-22-48/h2-19,22,43H,20-21H2,1H3,(H,53,54,55)(H,44,45,46,52). The molecule has 7 aromatic rings. The molecule has 0 bridgehead atoms. The Balaban J connectivity index is 1.24. The summed E-state index contributed by atoms with van der Waals surface area (Å²) in [6.07, 6.45) is -0.280. The maximum atomic E-state index is 14.4. The molecule has 0 aliphatic heterocycles. The maximum Gasteiger partial charge on any atom is 0.348 e. The summed E-state index contributed by atoms with van der Waals surface area (Å²) in [5, 5.41) is 3.59. The zero-order chi connectivity index (χ0) is 40.0.